The van der Waals surface area contributed by atoms with Gasteiger partial charge in [0.2, 0.25) is 11.9 Å². The Bertz CT molecular complexity index is 1170. The normalized spacial score (nSPS) is 16.8. The number of aromatic carboxylic acids is 1. The Hall–Kier alpha value is -3.84. The zero-order valence-corrected chi connectivity index (χ0v) is 18.1. The summed E-state index contributed by atoms with van der Waals surface area (Å²) in [6, 6.07) is 0.101. The largest absolute Gasteiger partial charge is 0.478 e. The lowest BCUT2D eigenvalue weighted by Gasteiger charge is -2.42. The second-order valence-electron chi connectivity index (χ2n) is 7.90. The molecule has 1 aliphatic heterocycles. The van der Waals surface area contributed by atoms with Crippen LogP contribution in [0.4, 0.5) is 34.9 Å². The van der Waals surface area contributed by atoms with Gasteiger partial charge in [0.25, 0.3) is 5.69 Å². The third-order valence-corrected chi connectivity index (χ3v) is 5.38. The summed E-state index contributed by atoms with van der Waals surface area (Å²) in [6.45, 7) is 3.96. The van der Waals surface area contributed by atoms with Crippen molar-refractivity contribution >= 4 is 29.2 Å². The van der Waals surface area contributed by atoms with Gasteiger partial charge in [-0.2, -0.15) is 13.2 Å². The minimum absolute atomic E-state index is 0.116. The molecule has 0 bridgehead atoms. The monoisotopic (exact) mass is 485 g/mol. The van der Waals surface area contributed by atoms with Crippen molar-refractivity contribution in [1.29, 1.82) is 0 Å². The quantitative estimate of drug-likeness (QED) is 0.387. The van der Waals surface area contributed by atoms with Crippen molar-refractivity contribution in [2.75, 3.05) is 22.9 Å². The van der Waals surface area contributed by atoms with E-state index in [1.54, 1.807) is 13.8 Å². The molecule has 1 aromatic carbocycles. The van der Waals surface area contributed by atoms with Gasteiger partial charge in [0, 0.05) is 30.9 Å². The summed E-state index contributed by atoms with van der Waals surface area (Å²) in [7, 11) is 0. The number of piperazine rings is 1. The summed E-state index contributed by atoms with van der Waals surface area (Å²) in [5, 5.41) is 20.8. The van der Waals surface area contributed by atoms with Gasteiger partial charge in [0.05, 0.1) is 4.92 Å². The van der Waals surface area contributed by atoms with E-state index in [0.717, 1.165) is 18.0 Å². The Labute approximate surface area is 190 Å². The summed E-state index contributed by atoms with van der Waals surface area (Å²) in [6.07, 6.45) is -3.83. The standard InChI is InChI=1S/C20H19F4N5O5/c1-9(2)15-17(30)27(6-7-28(15)19-25-5-4-13(26-19)20(22,23)24)16-10(3)14(21)11(18(31)32)8-12(16)29(33)34/h4-5,8-9,15H,6-7H2,1-3H3,(H,31,32)/t15-/m1/s1. The summed E-state index contributed by atoms with van der Waals surface area (Å²) in [5.41, 5.74) is -3.72. The molecule has 1 atom stereocenters. The van der Waals surface area contributed by atoms with Crippen molar-refractivity contribution in [2.24, 2.45) is 5.92 Å². The number of hydrogen-bond acceptors (Lipinski definition) is 7. The van der Waals surface area contributed by atoms with Crippen LogP contribution in [0.5, 0.6) is 0 Å². The van der Waals surface area contributed by atoms with E-state index in [1.807, 2.05) is 0 Å². The number of carboxylic acids is 1. The van der Waals surface area contributed by atoms with Crippen molar-refractivity contribution in [3.8, 4) is 0 Å². The number of carbonyl (C=O) groups excluding carboxylic acids is 1. The van der Waals surface area contributed by atoms with Crippen LogP contribution in [0, 0.1) is 28.8 Å². The molecule has 1 amide bonds. The van der Waals surface area contributed by atoms with Gasteiger partial charge in [0.1, 0.15) is 28.8 Å². The Morgan fingerprint density at radius 1 is 1.32 bits per heavy atom. The lowest BCUT2D eigenvalue weighted by molar-refractivity contribution is -0.384. The van der Waals surface area contributed by atoms with E-state index in [4.69, 9.17) is 5.11 Å². The van der Waals surface area contributed by atoms with Crippen LogP contribution in [0.2, 0.25) is 0 Å². The fourth-order valence-corrected chi connectivity index (χ4v) is 3.89. The van der Waals surface area contributed by atoms with Gasteiger partial charge in [0.15, 0.2) is 0 Å². The number of halogens is 4. The lowest BCUT2D eigenvalue weighted by Crippen LogP contribution is -2.60. The van der Waals surface area contributed by atoms with Crippen LogP contribution in [-0.2, 0) is 11.0 Å². The molecule has 0 radical (unpaired) electrons. The topological polar surface area (TPSA) is 130 Å². The smallest absolute Gasteiger partial charge is 0.433 e. The van der Waals surface area contributed by atoms with Crippen molar-refractivity contribution in [1.82, 2.24) is 9.97 Å². The lowest BCUT2D eigenvalue weighted by atomic mass is 9.97. The third-order valence-electron chi connectivity index (χ3n) is 5.38. The number of benzene rings is 1. The van der Waals surface area contributed by atoms with Gasteiger partial charge in [-0.15, -0.1) is 0 Å². The first-order valence-electron chi connectivity index (χ1n) is 9.94. The van der Waals surface area contributed by atoms with E-state index in [9.17, 15) is 37.3 Å². The number of nitro groups is 1. The fraction of sp³-hybridized carbons (Fsp3) is 0.400. The second-order valence-corrected chi connectivity index (χ2v) is 7.90. The molecule has 0 saturated carbocycles. The van der Waals surface area contributed by atoms with Crippen LogP contribution in [0.3, 0.4) is 0 Å². The molecule has 10 nitrogen and oxygen atoms in total. The molecule has 2 aromatic rings. The highest BCUT2D eigenvalue weighted by molar-refractivity contribution is 6.03. The number of carbonyl (C=O) groups is 2. The summed E-state index contributed by atoms with van der Waals surface area (Å²) < 4.78 is 54.1. The summed E-state index contributed by atoms with van der Waals surface area (Å²) in [4.78, 5) is 45.1. The van der Waals surface area contributed by atoms with E-state index in [-0.39, 0.29) is 19.0 Å². The highest BCUT2D eigenvalue weighted by Gasteiger charge is 2.43. The molecule has 1 fully saturated rings. The van der Waals surface area contributed by atoms with Crippen LogP contribution in [-0.4, -0.2) is 51.0 Å². The zero-order chi connectivity index (χ0) is 25.5. The number of alkyl halides is 3. The van der Waals surface area contributed by atoms with E-state index in [0.29, 0.717) is 12.1 Å². The predicted molar refractivity (Wildman–Crippen MR) is 110 cm³/mol. The van der Waals surface area contributed by atoms with E-state index in [2.05, 4.69) is 9.97 Å². The Balaban J connectivity index is 2.10. The van der Waals surface area contributed by atoms with Crippen LogP contribution in [0.25, 0.3) is 0 Å². The average molecular weight is 485 g/mol. The molecule has 0 aliphatic carbocycles. The first kappa shape index (κ1) is 24.8. The summed E-state index contributed by atoms with van der Waals surface area (Å²) in [5.74, 6) is -4.55. The highest BCUT2D eigenvalue weighted by atomic mass is 19.4. The van der Waals surface area contributed by atoms with Crippen LogP contribution < -0.4 is 9.80 Å². The van der Waals surface area contributed by atoms with Gasteiger partial charge in [-0.3, -0.25) is 14.9 Å². The van der Waals surface area contributed by atoms with E-state index in [1.165, 1.54) is 4.90 Å². The average Bonchev–Trinajstić information content (AvgIpc) is 2.74. The Morgan fingerprint density at radius 3 is 2.50 bits per heavy atom. The van der Waals surface area contributed by atoms with E-state index >= 15 is 0 Å². The number of nitrogens with zero attached hydrogens (tertiary/aromatic N) is 5. The molecule has 0 spiro atoms. The van der Waals surface area contributed by atoms with Gasteiger partial charge < -0.3 is 14.9 Å². The molecule has 34 heavy (non-hydrogen) atoms. The number of aromatic nitrogens is 2. The Morgan fingerprint density at radius 2 is 1.97 bits per heavy atom. The Kier molecular flexibility index (Phi) is 6.44. The first-order chi connectivity index (χ1) is 15.8. The van der Waals surface area contributed by atoms with Crippen molar-refractivity contribution in [3.63, 3.8) is 0 Å². The molecule has 1 saturated heterocycles. The van der Waals surface area contributed by atoms with Crippen molar-refractivity contribution < 1.29 is 37.2 Å². The number of rotatable bonds is 5. The SMILES string of the molecule is Cc1c(F)c(C(=O)O)cc([N+](=O)[O-])c1N1CCN(c2nccc(C(F)(F)F)n2)[C@H](C(C)C)C1=O. The van der Waals surface area contributed by atoms with Crippen LogP contribution >= 0.6 is 0 Å². The number of carboxylic acid groups (broad SMARTS) is 1. The molecular weight excluding hydrogens is 466 g/mol. The molecule has 2 heterocycles. The van der Waals surface area contributed by atoms with Crippen LogP contribution in [0.1, 0.15) is 35.5 Å². The summed E-state index contributed by atoms with van der Waals surface area (Å²) >= 11 is 0. The molecule has 1 aliphatic rings. The minimum Gasteiger partial charge on any atom is -0.478 e. The van der Waals surface area contributed by atoms with Gasteiger partial charge >= 0.3 is 12.1 Å². The zero-order valence-electron chi connectivity index (χ0n) is 18.1. The highest BCUT2D eigenvalue weighted by Crippen LogP contribution is 2.38. The maximum atomic E-state index is 14.7. The minimum atomic E-state index is -4.74. The van der Waals surface area contributed by atoms with Crippen LogP contribution in [0.15, 0.2) is 18.3 Å². The van der Waals surface area contributed by atoms with Gasteiger partial charge in [-0.25, -0.2) is 19.2 Å². The first-order valence-corrected chi connectivity index (χ1v) is 9.94. The molecule has 1 N–H and O–H groups in total. The third kappa shape index (κ3) is 4.34. The van der Waals surface area contributed by atoms with Gasteiger partial charge in [-0.1, -0.05) is 13.8 Å². The molecule has 14 heteroatoms. The van der Waals surface area contributed by atoms with Crippen molar-refractivity contribution in [3.05, 3.63) is 51.1 Å². The molecule has 0 unspecified atom stereocenters. The number of amides is 1. The van der Waals surface area contributed by atoms with E-state index < -0.39 is 68.9 Å². The molecule has 182 valence electrons. The molecular formula is C20H19F4N5O5. The van der Waals surface area contributed by atoms with Crippen molar-refractivity contribution in [2.45, 2.75) is 33.0 Å². The number of hydrogen-bond donors (Lipinski definition) is 1. The maximum Gasteiger partial charge on any atom is 0.433 e. The molecule has 1 aromatic heterocycles. The maximum absolute atomic E-state index is 14.7. The second kappa shape index (κ2) is 8.83. The number of anilines is 2. The number of nitro benzene ring substituents is 1. The van der Waals surface area contributed by atoms with Gasteiger partial charge in [-0.05, 0) is 18.9 Å². The fourth-order valence-electron chi connectivity index (χ4n) is 3.89. The molecule has 3 rings (SSSR count). The predicted octanol–water partition coefficient (Wildman–Crippen LogP) is 3.43.